The number of hydrogen-bond acceptors (Lipinski definition) is 7. The number of urea groups is 1. The molecule has 2 unspecified atom stereocenters. The topological polar surface area (TPSA) is 111 Å². The van der Waals surface area contributed by atoms with Crippen molar-refractivity contribution in [3.63, 3.8) is 0 Å². The second kappa shape index (κ2) is 17.5. The monoisotopic (exact) mass is 631 g/mol. The van der Waals surface area contributed by atoms with Gasteiger partial charge in [-0.1, -0.05) is 78.0 Å². The number of primary amides is 1. The third-order valence-electron chi connectivity index (χ3n) is 7.75. The maximum Gasteiger partial charge on any atom is 0.338 e. The van der Waals surface area contributed by atoms with Crippen molar-refractivity contribution in [1.29, 1.82) is 0 Å². The van der Waals surface area contributed by atoms with Crippen LogP contribution >= 0.6 is 11.6 Å². The lowest BCUT2D eigenvalue weighted by atomic mass is 9.96. The fourth-order valence-corrected chi connectivity index (χ4v) is 5.56. The molecule has 1 fully saturated rings. The van der Waals surface area contributed by atoms with Gasteiger partial charge in [0.25, 0.3) is 0 Å². The Morgan fingerprint density at radius 3 is 2.31 bits per heavy atom. The number of amides is 2. The zero-order valence-electron chi connectivity index (χ0n) is 25.7. The molecule has 4 N–H and O–H groups in total. The minimum absolute atomic E-state index is 0.0528. The predicted molar refractivity (Wildman–Crippen MR) is 176 cm³/mol. The average Bonchev–Trinajstić information content (AvgIpc) is 3.05. The molecule has 0 spiro atoms. The van der Waals surface area contributed by atoms with Gasteiger partial charge in [-0.05, 0) is 47.9 Å². The van der Waals surface area contributed by atoms with Crippen LogP contribution < -0.4 is 11.1 Å². The van der Waals surface area contributed by atoms with Crippen molar-refractivity contribution in [3.8, 4) is 11.8 Å². The van der Waals surface area contributed by atoms with E-state index in [0.717, 1.165) is 48.9 Å². The summed E-state index contributed by atoms with van der Waals surface area (Å²) >= 11 is 6.20. The second-order valence-electron chi connectivity index (χ2n) is 11.0. The number of carbonyl (C=O) groups is 2. The first-order valence-corrected chi connectivity index (χ1v) is 15.7. The molecule has 1 saturated heterocycles. The third kappa shape index (κ3) is 10.9. The van der Waals surface area contributed by atoms with Crippen LogP contribution in [0.4, 0.5) is 4.79 Å². The lowest BCUT2D eigenvalue weighted by Gasteiger charge is -2.40. The van der Waals surface area contributed by atoms with Crippen molar-refractivity contribution >= 4 is 23.6 Å². The van der Waals surface area contributed by atoms with Crippen LogP contribution in [0.3, 0.4) is 0 Å². The Kier molecular flexibility index (Phi) is 13.2. The quantitative estimate of drug-likeness (QED) is 0.109. The van der Waals surface area contributed by atoms with E-state index in [1.807, 2.05) is 49.4 Å². The van der Waals surface area contributed by atoms with Gasteiger partial charge in [-0.15, -0.1) is 0 Å². The predicted octanol–water partition coefficient (Wildman–Crippen LogP) is 4.67. The largest absolute Gasteiger partial charge is 0.466 e. The Bertz CT molecular complexity index is 1420. The van der Waals surface area contributed by atoms with Crippen molar-refractivity contribution in [1.82, 2.24) is 20.2 Å². The summed E-state index contributed by atoms with van der Waals surface area (Å²) in [6.07, 6.45) is 0.600. The Morgan fingerprint density at radius 2 is 1.67 bits per heavy atom. The Labute approximate surface area is 270 Å². The number of rotatable bonds is 13. The fraction of sp³-hybridized carbons (Fsp3) is 0.371. The summed E-state index contributed by atoms with van der Waals surface area (Å²) in [5, 5.41) is 14.1. The minimum atomic E-state index is -0.900. The standard InChI is InChI=1S/C35H42ClN5O4/c1-2-45-33(42)24-32(38-25-28-13-11-27(12-14-28)8-6-7-19-41(44)35(37)43)26-39-20-22-40(23-21-39)34(29-9-4-3-5-10-29)30-15-17-31(36)18-16-30/h3-5,9-18,32,34,38,44H,2,7,19-26H2,1H3,(H2,37,43). The maximum absolute atomic E-state index is 12.5. The number of hydroxylamine groups is 2. The van der Waals surface area contributed by atoms with Gasteiger partial charge in [0.2, 0.25) is 0 Å². The summed E-state index contributed by atoms with van der Waals surface area (Å²) in [6, 6.07) is 25.7. The lowest BCUT2D eigenvalue weighted by molar-refractivity contribution is -0.143. The number of halogens is 1. The van der Waals surface area contributed by atoms with E-state index in [9.17, 15) is 14.8 Å². The molecule has 0 aromatic heterocycles. The summed E-state index contributed by atoms with van der Waals surface area (Å²) in [5.41, 5.74) is 9.38. The van der Waals surface area contributed by atoms with E-state index in [2.05, 4.69) is 63.4 Å². The minimum Gasteiger partial charge on any atom is -0.466 e. The normalized spacial score (nSPS) is 15.0. The molecule has 3 aromatic carbocycles. The second-order valence-corrected chi connectivity index (χ2v) is 11.4. The van der Waals surface area contributed by atoms with E-state index in [-0.39, 0.29) is 24.6 Å². The summed E-state index contributed by atoms with van der Waals surface area (Å²) in [7, 11) is 0. The highest BCUT2D eigenvalue weighted by molar-refractivity contribution is 6.30. The first kappa shape index (κ1) is 34.0. The van der Waals surface area contributed by atoms with Crippen molar-refractivity contribution in [3.05, 3.63) is 106 Å². The van der Waals surface area contributed by atoms with Gasteiger partial charge in [0.15, 0.2) is 0 Å². The number of piperazine rings is 1. The van der Waals surface area contributed by atoms with Gasteiger partial charge in [0, 0.05) is 62.3 Å². The molecule has 45 heavy (non-hydrogen) atoms. The Balaban J connectivity index is 1.34. The SMILES string of the molecule is CCOC(=O)CC(CN1CCN(C(c2ccccc2)c2ccc(Cl)cc2)CC1)NCc1ccc(C#CCCN(O)C(N)=O)cc1. The number of carbonyl (C=O) groups excluding carboxylic acids is 2. The number of hydrogen-bond donors (Lipinski definition) is 3. The van der Waals surface area contributed by atoms with Crippen molar-refractivity contribution < 1.29 is 19.5 Å². The van der Waals surface area contributed by atoms with Gasteiger partial charge >= 0.3 is 12.0 Å². The highest BCUT2D eigenvalue weighted by Gasteiger charge is 2.28. The number of ether oxygens (including phenoxy) is 1. The zero-order valence-corrected chi connectivity index (χ0v) is 26.5. The highest BCUT2D eigenvalue weighted by Crippen LogP contribution is 2.30. The van der Waals surface area contributed by atoms with Crippen LogP contribution in [0.25, 0.3) is 0 Å². The van der Waals surface area contributed by atoms with Gasteiger partial charge in [0.1, 0.15) is 0 Å². The molecule has 3 aromatic rings. The molecule has 1 aliphatic rings. The molecule has 2 atom stereocenters. The zero-order chi connectivity index (χ0) is 32.0. The Morgan fingerprint density at radius 1 is 1.00 bits per heavy atom. The molecular weight excluding hydrogens is 590 g/mol. The van der Waals surface area contributed by atoms with Crippen LogP contribution in [-0.4, -0.2) is 84.0 Å². The van der Waals surface area contributed by atoms with Crippen LogP contribution in [0.5, 0.6) is 0 Å². The smallest absolute Gasteiger partial charge is 0.338 e. The molecule has 0 aliphatic carbocycles. The van der Waals surface area contributed by atoms with E-state index < -0.39 is 6.03 Å². The van der Waals surface area contributed by atoms with Crippen LogP contribution in [-0.2, 0) is 16.1 Å². The summed E-state index contributed by atoms with van der Waals surface area (Å²) in [4.78, 5) is 28.3. The van der Waals surface area contributed by atoms with Crippen molar-refractivity contribution in [2.24, 2.45) is 5.73 Å². The van der Waals surface area contributed by atoms with E-state index in [4.69, 9.17) is 22.1 Å². The van der Waals surface area contributed by atoms with E-state index in [1.165, 1.54) is 11.1 Å². The van der Waals surface area contributed by atoms with Gasteiger partial charge in [-0.3, -0.25) is 19.8 Å². The van der Waals surface area contributed by atoms with Crippen molar-refractivity contribution in [2.75, 3.05) is 45.9 Å². The molecule has 0 radical (unpaired) electrons. The van der Waals surface area contributed by atoms with Crippen LogP contribution in [0.2, 0.25) is 5.02 Å². The van der Waals surface area contributed by atoms with E-state index in [0.29, 0.717) is 31.1 Å². The average molecular weight is 632 g/mol. The van der Waals surface area contributed by atoms with Crippen LogP contribution in [0.1, 0.15) is 48.1 Å². The molecule has 2 amide bonds. The Hall–Kier alpha value is -3.91. The highest BCUT2D eigenvalue weighted by atomic mass is 35.5. The number of nitrogens with one attached hydrogen (secondary N) is 1. The molecular formula is C35H42ClN5O4. The molecule has 9 nitrogen and oxygen atoms in total. The molecule has 10 heteroatoms. The number of nitrogens with zero attached hydrogens (tertiary/aromatic N) is 3. The van der Waals surface area contributed by atoms with Gasteiger partial charge < -0.3 is 15.8 Å². The van der Waals surface area contributed by atoms with Crippen molar-refractivity contribution in [2.45, 2.75) is 38.4 Å². The molecule has 0 bridgehead atoms. The molecule has 238 valence electrons. The summed E-state index contributed by atoms with van der Waals surface area (Å²) in [6.45, 7) is 7.14. The third-order valence-corrected chi connectivity index (χ3v) is 8.01. The number of benzene rings is 3. The summed E-state index contributed by atoms with van der Waals surface area (Å²) in [5.74, 6) is 5.74. The van der Waals surface area contributed by atoms with Crippen LogP contribution in [0, 0.1) is 11.8 Å². The molecule has 4 rings (SSSR count). The molecule has 1 aliphatic heterocycles. The molecule has 1 heterocycles. The number of esters is 1. The molecule has 0 saturated carbocycles. The van der Waals surface area contributed by atoms with E-state index in [1.54, 1.807) is 0 Å². The fourth-order valence-electron chi connectivity index (χ4n) is 5.44. The van der Waals surface area contributed by atoms with Crippen LogP contribution in [0.15, 0.2) is 78.9 Å². The summed E-state index contributed by atoms with van der Waals surface area (Å²) < 4.78 is 5.28. The van der Waals surface area contributed by atoms with Gasteiger partial charge in [-0.25, -0.2) is 9.86 Å². The van der Waals surface area contributed by atoms with Gasteiger partial charge in [-0.2, -0.15) is 0 Å². The number of nitrogens with two attached hydrogens (primary N) is 1. The first-order valence-electron chi connectivity index (χ1n) is 15.3. The lowest BCUT2D eigenvalue weighted by Crippen LogP contribution is -2.51. The van der Waals surface area contributed by atoms with Gasteiger partial charge in [0.05, 0.1) is 25.6 Å². The maximum atomic E-state index is 12.5. The first-order chi connectivity index (χ1) is 21.8. The van der Waals surface area contributed by atoms with E-state index >= 15 is 0 Å².